The predicted octanol–water partition coefficient (Wildman–Crippen LogP) is 4.48. The van der Waals surface area contributed by atoms with Crippen LogP contribution in [0.5, 0.6) is 0 Å². The van der Waals surface area contributed by atoms with E-state index in [1.165, 1.54) is 4.90 Å². The van der Waals surface area contributed by atoms with Gasteiger partial charge in [-0.2, -0.15) is 0 Å². The molecule has 0 bridgehead atoms. The van der Waals surface area contributed by atoms with E-state index in [0.29, 0.717) is 17.0 Å². The van der Waals surface area contributed by atoms with Crippen molar-refractivity contribution in [3.8, 4) is 0 Å². The minimum absolute atomic E-state index is 0.0464. The number of rotatable bonds is 5. The number of carbonyl (C=O) groups excluding carboxylic acids is 1. The van der Waals surface area contributed by atoms with Gasteiger partial charge in [0.05, 0.1) is 17.8 Å². The molecule has 2 N–H and O–H groups in total. The average Bonchev–Trinajstić information content (AvgIpc) is 2.55. The van der Waals surface area contributed by atoms with Gasteiger partial charge in [-0.25, -0.2) is 0 Å². The van der Waals surface area contributed by atoms with Gasteiger partial charge >= 0.3 is 0 Å². The zero-order chi connectivity index (χ0) is 17.7. The second-order valence-corrected chi connectivity index (χ2v) is 5.70. The van der Waals surface area contributed by atoms with Crippen LogP contribution in [-0.2, 0) is 4.79 Å². The Balaban J connectivity index is 2.48. The molecule has 0 fully saturated rings. The van der Waals surface area contributed by atoms with Gasteiger partial charge in [0.25, 0.3) is 0 Å². The maximum absolute atomic E-state index is 10.8. The summed E-state index contributed by atoms with van der Waals surface area (Å²) in [5, 5.41) is 16.8. The lowest BCUT2D eigenvalue weighted by molar-refractivity contribution is -0.106. The minimum atomic E-state index is -0.0464. The summed E-state index contributed by atoms with van der Waals surface area (Å²) in [6, 6.07) is 14.9. The number of carbonyl (C=O) groups is 1. The third-order valence-corrected chi connectivity index (χ3v) is 3.83. The molecule has 2 aromatic carbocycles. The van der Waals surface area contributed by atoms with Crippen LogP contribution in [0.25, 0.3) is 0 Å². The highest BCUT2D eigenvalue weighted by Crippen LogP contribution is 2.34. The maximum Gasteiger partial charge on any atom is 0.127 e. The molecule has 124 valence electrons. The van der Waals surface area contributed by atoms with E-state index < -0.39 is 0 Å². The van der Waals surface area contributed by atoms with Crippen molar-refractivity contribution >= 4 is 46.6 Å². The molecule has 0 aromatic heterocycles. The van der Waals surface area contributed by atoms with Crippen LogP contribution in [0.2, 0.25) is 5.02 Å². The van der Waals surface area contributed by atoms with E-state index in [9.17, 15) is 4.79 Å². The monoisotopic (exact) mass is 342 g/mol. The zero-order valence-electron chi connectivity index (χ0n) is 13.6. The topological polar surface area (TPSA) is 71.2 Å². The van der Waals surface area contributed by atoms with Crippen molar-refractivity contribution in [1.82, 2.24) is 0 Å². The van der Waals surface area contributed by atoms with Crippen LogP contribution >= 0.6 is 11.6 Å². The lowest BCUT2D eigenvalue weighted by atomic mass is 10.2. The lowest BCUT2D eigenvalue weighted by Gasteiger charge is -2.29. The van der Waals surface area contributed by atoms with Gasteiger partial charge in [-0.05, 0) is 43.3 Å². The highest BCUT2D eigenvalue weighted by atomic mass is 35.5. The molecule has 0 aliphatic rings. The number of hydrogen-bond donors (Lipinski definition) is 2. The second-order valence-electron chi connectivity index (χ2n) is 5.26. The number of aldehydes is 1. The van der Waals surface area contributed by atoms with Crippen molar-refractivity contribution in [2.75, 3.05) is 16.8 Å². The Kier molecular flexibility index (Phi) is 5.71. The predicted molar refractivity (Wildman–Crippen MR) is 100 cm³/mol. The van der Waals surface area contributed by atoms with Gasteiger partial charge < -0.3 is 9.69 Å². The third kappa shape index (κ3) is 3.81. The molecule has 0 heterocycles. The van der Waals surface area contributed by atoms with Crippen LogP contribution in [0.3, 0.4) is 0 Å². The number of hydrogen-bond acceptors (Lipinski definition) is 4. The quantitative estimate of drug-likeness (QED) is 0.478. The molecule has 0 saturated carbocycles. The van der Waals surface area contributed by atoms with E-state index in [0.717, 1.165) is 11.4 Å². The summed E-state index contributed by atoms with van der Waals surface area (Å²) < 4.78 is 0. The van der Waals surface area contributed by atoms with Crippen molar-refractivity contribution in [3.05, 3.63) is 53.6 Å². The van der Waals surface area contributed by atoms with Crippen LogP contribution in [0, 0.1) is 10.8 Å². The molecule has 0 radical (unpaired) electrons. The first-order valence-corrected chi connectivity index (χ1v) is 7.78. The summed E-state index contributed by atoms with van der Waals surface area (Å²) in [5.74, 6) is 0.244. The normalized spacial score (nSPS) is 10.1. The van der Waals surface area contributed by atoms with Gasteiger partial charge in [-0.3, -0.25) is 15.7 Å². The molecule has 5 nitrogen and oxygen atoms in total. The lowest BCUT2D eigenvalue weighted by Crippen LogP contribution is -2.35. The zero-order valence-corrected chi connectivity index (χ0v) is 14.3. The molecule has 0 spiro atoms. The van der Waals surface area contributed by atoms with Crippen LogP contribution in [0.4, 0.5) is 17.1 Å². The first kappa shape index (κ1) is 17.7. The van der Waals surface area contributed by atoms with E-state index in [-0.39, 0.29) is 18.1 Å². The third-order valence-electron chi connectivity index (χ3n) is 3.58. The number of amidine groups is 2. The van der Waals surface area contributed by atoms with Gasteiger partial charge in [0.1, 0.15) is 18.0 Å². The standard InChI is InChI=1S/C18H19ClN4O/c1-13(20)23(18(21)11-12-24)17-6-4-3-5-16(17)22(2)15-9-7-14(19)8-10-15/h3-10,12,20-21H,11H2,1-2H3. The van der Waals surface area contributed by atoms with Crippen molar-refractivity contribution in [1.29, 1.82) is 10.8 Å². The van der Waals surface area contributed by atoms with Gasteiger partial charge in [-0.15, -0.1) is 0 Å². The number of halogens is 1. The SMILES string of the molecule is CC(=N)N(C(=N)CC=O)c1ccccc1N(C)c1ccc(Cl)cc1. The maximum atomic E-state index is 10.8. The highest BCUT2D eigenvalue weighted by Gasteiger charge is 2.19. The largest absolute Gasteiger partial charge is 0.343 e. The number of para-hydroxylation sites is 2. The molecule has 0 aliphatic heterocycles. The molecule has 24 heavy (non-hydrogen) atoms. The molecule has 0 unspecified atom stereocenters. The molecule has 6 heteroatoms. The Morgan fingerprint density at radius 3 is 2.21 bits per heavy atom. The van der Waals surface area contributed by atoms with E-state index >= 15 is 0 Å². The second kappa shape index (κ2) is 7.75. The van der Waals surface area contributed by atoms with E-state index in [2.05, 4.69) is 0 Å². The molecule has 2 aromatic rings. The first-order chi connectivity index (χ1) is 11.5. The first-order valence-electron chi connectivity index (χ1n) is 7.40. The van der Waals surface area contributed by atoms with Crippen LogP contribution < -0.4 is 9.80 Å². The average molecular weight is 343 g/mol. The minimum Gasteiger partial charge on any atom is -0.343 e. The Bertz CT molecular complexity index is 758. The Labute approximate surface area is 146 Å². The summed E-state index contributed by atoms with van der Waals surface area (Å²) >= 11 is 5.95. The Hall–Kier alpha value is -2.66. The molecule has 2 rings (SSSR count). The van der Waals surface area contributed by atoms with E-state index in [1.807, 2.05) is 60.5 Å². The Morgan fingerprint density at radius 1 is 1.08 bits per heavy atom. The summed E-state index contributed by atoms with van der Waals surface area (Å²) in [6.07, 6.45) is 0.624. The molecule has 0 amide bonds. The molecular weight excluding hydrogens is 324 g/mol. The van der Waals surface area contributed by atoms with Gasteiger partial charge in [0.2, 0.25) is 0 Å². The fourth-order valence-electron chi connectivity index (χ4n) is 2.44. The van der Waals surface area contributed by atoms with Crippen LogP contribution in [-0.4, -0.2) is 25.0 Å². The van der Waals surface area contributed by atoms with Gasteiger partial charge in [-0.1, -0.05) is 23.7 Å². The highest BCUT2D eigenvalue weighted by molar-refractivity contribution is 6.30. The van der Waals surface area contributed by atoms with Crippen molar-refractivity contribution in [3.63, 3.8) is 0 Å². The number of nitrogens with zero attached hydrogens (tertiary/aromatic N) is 2. The summed E-state index contributed by atoms with van der Waals surface area (Å²) in [4.78, 5) is 14.2. The van der Waals surface area contributed by atoms with Crippen molar-refractivity contribution in [2.45, 2.75) is 13.3 Å². The van der Waals surface area contributed by atoms with Crippen LogP contribution in [0.1, 0.15) is 13.3 Å². The summed E-state index contributed by atoms with van der Waals surface area (Å²) in [6.45, 7) is 1.60. The van der Waals surface area contributed by atoms with Crippen molar-refractivity contribution < 1.29 is 4.79 Å². The molecule has 0 aliphatic carbocycles. The van der Waals surface area contributed by atoms with Crippen molar-refractivity contribution in [2.24, 2.45) is 0 Å². The number of nitrogens with one attached hydrogen (secondary N) is 2. The fraction of sp³-hybridized carbons (Fsp3) is 0.167. The summed E-state index contributed by atoms with van der Waals surface area (Å²) in [7, 11) is 1.91. The van der Waals surface area contributed by atoms with Gasteiger partial charge in [0, 0.05) is 17.8 Å². The molecule has 0 saturated heterocycles. The Morgan fingerprint density at radius 2 is 1.67 bits per heavy atom. The van der Waals surface area contributed by atoms with Crippen LogP contribution in [0.15, 0.2) is 48.5 Å². The molecule has 0 atom stereocenters. The number of anilines is 3. The van der Waals surface area contributed by atoms with E-state index in [4.69, 9.17) is 22.4 Å². The smallest absolute Gasteiger partial charge is 0.127 e. The fourth-order valence-corrected chi connectivity index (χ4v) is 2.57. The van der Waals surface area contributed by atoms with Gasteiger partial charge in [0.15, 0.2) is 0 Å². The molecular formula is C18H19ClN4O. The van der Waals surface area contributed by atoms with E-state index in [1.54, 1.807) is 6.92 Å². The number of benzene rings is 2. The summed E-state index contributed by atoms with van der Waals surface area (Å²) in [5.41, 5.74) is 2.42.